The molecule has 1 aliphatic heterocycles. The van der Waals surface area contributed by atoms with Gasteiger partial charge in [-0.3, -0.25) is 4.79 Å². The summed E-state index contributed by atoms with van der Waals surface area (Å²) < 4.78 is 22.2. The maximum absolute atomic E-state index is 12.5. The van der Waals surface area contributed by atoms with Gasteiger partial charge in [-0.15, -0.1) is 0 Å². The van der Waals surface area contributed by atoms with Crippen LogP contribution in [0.3, 0.4) is 0 Å². The summed E-state index contributed by atoms with van der Waals surface area (Å²) in [6, 6.07) is 15.5. The Labute approximate surface area is 199 Å². The fourth-order valence-corrected chi connectivity index (χ4v) is 4.48. The minimum absolute atomic E-state index is 0.0470. The van der Waals surface area contributed by atoms with Crippen LogP contribution in [0.1, 0.15) is 42.7 Å². The Bertz CT molecular complexity index is 928. The van der Waals surface area contributed by atoms with E-state index in [2.05, 4.69) is 17.4 Å². The highest BCUT2D eigenvalue weighted by molar-refractivity contribution is 5.79. The lowest BCUT2D eigenvalue weighted by Gasteiger charge is -2.23. The number of alkyl carbamates (subject to hydrolysis) is 1. The minimum atomic E-state index is -1.03. The van der Waals surface area contributed by atoms with E-state index in [0.717, 1.165) is 41.5 Å². The molecule has 0 bridgehead atoms. The number of hydrogen-bond acceptors (Lipinski definition) is 6. The molecule has 8 nitrogen and oxygen atoms in total. The number of benzene rings is 2. The highest BCUT2D eigenvalue weighted by Gasteiger charge is 2.29. The van der Waals surface area contributed by atoms with Gasteiger partial charge in [0.2, 0.25) is 0 Å². The van der Waals surface area contributed by atoms with Crippen LogP contribution in [0.4, 0.5) is 4.79 Å². The summed E-state index contributed by atoms with van der Waals surface area (Å²) in [5.74, 6) is -1.09. The van der Waals surface area contributed by atoms with E-state index in [0.29, 0.717) is 13.2 Å². The molecule has 0 saturated carbocycles. The van der Waals surface area contributed by atoms with Gasteiger partial charge in [0, 0.05) is 12.5 Å². The van der Waals surface area contributed by atoms with Gasteiger partial charge in [0.15, 0.2) is 6.29 Å². The summed E-state index contributed by atoms with van der Waals surface area (Å²) in [7, 11) is 0. The van der Waals surface area contributed by atoms with E-state index in [1.54, 1.807) is 0 Å². The highest BCUT2D eigenvalue weighted by Crippen LogP contribution is 2.44. The predicted octanol–water partition coefficient (Wildman–Crippen LogP) is 3.93. The van der Waals surface area contributed by atoms with E-state index < -0.39 is 18.1 Å². The second-order valence-electron chi connectivity index (χ2n) is 8.51. The molecule has 182 valence electrons. The number of fused-ring (bicyclic) bond motifs is 3. The molecule has 1 amide bonds. The Morgan fingerprint density at radius 2 is 1.74 bits per heavy atom. The molecule has 2 aromatic rings. The summed E-state index contributed by atoms with van der Waals surface area (Å²) in [5, 5.41) is 11.8. The van der Waals surface area contributed by atoms with Gasteiger partial charge in [-0.1, -0.05) is 48.5 Å². The second-order valence-corrected chi connectivity index (χ2v) is 8.51. The van der Waals surface area contributed by atoms with E-state index in [1.807, 2.05) is 36.4 Å². The van der Waals surface area contributed by atoms with Crippen molar-refractivity contribution in [2.45, 2.75) is 43.9 Å². The summed E-state index contributed by atoms with van der Waals surface area (Å²) in [5.41, 5.74) is 4.52. The summed E-state index contributed by atoms with van der Waals surface area (Å²) in [4.78, 5) is 23.7. The Kier molecular flexibility index (Phi) is 8.51. The Morgan fingerprint density at radius 1 is 1.03 bits per heavy atom. The Morgan fingerprint density at radius 3 is 2.38 bits per heavy atom. The maximum atomic E-state index is 12.5. The predicted molar refractivity (Wildman–Crippen MR) is 125 cm³/mol. The number of rotatable bonds is 11. The number of nitrogens with one attached hydrogen (secondary N) is 1. The van der Waals surface area contributed by atoms with Crippen LogP contribution in [-0.4, -0.2) is 62.5 Å². The van der Waals surface area contributed by atoms with Crippen molar-refractivity contribution in [2.75, 3.05) is 33.0 Å². The molecule has 2 aliphatic rings. The molecule has 0 radical (unpaired) electrons. The first kappa shape index (κ1) is 24.2. The average molecular weight is 470 g/mol. The number of ether oxygens (including phenoxy) is 4. The lowest BCUT2D eigenvalue weighted by Crippen LogP contribution is -2.40. The number of carboxylic acid groups (broad SMARTS) is 1. The molecule has 1 fully saturated rings. The standard InChI is InChI=1S/C26H31NO7/c28-24(29)15-18(16-31-13-14-33-25-11-5-6-12-32-25)27-26(30)34-17-23-21-9-3-1-7-19(21)20-8-2-4-10-22(20)23/h1-4,7-10,18,23,25H,5-6,11-17H2,(H,27,30)(H,28,29)/t18-,25?/m1/s1. The lowest BCUT2D eigenvalue weighted by molar-refractivity contribution is -0.169. The Balaban J connectivity index is 1.25. The molecule has 1 saturated heterocycles. The van der Waals surface area contributed by atoms with E-state index in [-0.39, 0.29) is 38.4 Å². The fraction of sp³-hybridized carbons (Fsp3) is 0.462. The van der Waals surface area contributed by atoms with Gasteiger partial charge < -0.3 is 29.4 Å². The molecule has 4 rings (SSSR count). The molecule has 1 heterocycles. The summed E-state index contributed by atoms with van der Waals surface area (Å²) in [6.07, 6.45) is 1.86. The maximum Gasteiger partial charge on any atom is 0.407 e. The van der Waals surface area contributed by atoms with Crippen molar-refractivity contribution in [2.24, 2.45) is 0 Å². The number of carbonyl (C=O) groups excluding carboxylic acids is 1. The molecule has 34 heavy (non-hydrogen) atoms. The molecule has 8 heteroatoms. The minimum Gasteiger partial charge on any atom is -0.481 e. The van der Waals surface area contributed by atoms with Gasteiger partial charge in [-0.05, 0) is 41.5 Å². The number of hydrogen-bond donors (Lipinski definition) is 2. The van der Waals surface area contributed by atoms with E-state index in [9.17, 15) is 14.7 Å². The van der Waals surface area contributed by atoms with Gasteiger partial charge >= 0.3 is 12.1 Å². The van der Waals surface area contributed by atoms with Crippen LogP contribution in [0.25, 0.3) is 11.1 Å². The van der Waals surface area contributed by atoms with Crippen molar-refractivity contribution in [3.8, 4) is 11.1 Å². The zero-order valence-corrected chi connectivity index (χ0v) is 19.1. The molecule has 2 atom stereocenters. The lowest BCUT2D eigenvalue weighted by atomic mass is 9.98. The topological polar surface area (TPSA) is 103 Å². The quantitative estimate of drug-likeness (QED) is 0.481. The van der Waals surface area contributed by atoms with Crippen LogP contribution in [0.2, 0.25) is 0 Å². The third-order valence-corrected chi connectivity index (χ3v) is 6.08. The first-order valence-electron chi connectivity index (χ1n) is 11.8. The average Bonchev–Trinajstić information content (AvgIpc) is 3.16. The third-order valence-electron chi connectivity index (χ3n) is 6.08. The van der Waals surface area contributed by atoms with Gasteiger partial charge in [0.05, 0.1) is 32.3 Å². The van der Waals surface area contributed by atoms with Gasteiger partial charge in [0.1, 0.15) is 6.61 Å². The number of aliphatic carboxylic acids is 1. The van der Waals surface area contributed by atoms with Crippen molar-refractivity contribution in [3.05, 3.63) is 59.7 Å². The smallest absolute Gasteiger partial charge is 0.407 e. The first-order valence-corrected chi connectivity index (χ1v) is 11.8. The molecule has 0 spiro atoms. The molecule has 2 aromatic carbocycles. The first-order chi connectivity index (χ1) is 16.6. The largest absolute Gasteiger partial charge is 0.481 e. The van der Waals surface area contributed by atoms with Crippen LogP contribution in [-0.2, 0) is 23.7 Å². The van der Waals surface area contributed by atoms with Crippen molar-refractivity contribution >= 4 is 12.1 Å². The van der Waals surface area contributed by atoms with Crippen molar-refractivity contribution in [1.29, 1.82) is 0 Å². The number of carboxylic acids is 1. The molecule has 0 aromatic heterocycles. The molecule has 2 N–H and O–H groups in total. The summed E-state index contributed by atoms with van der Waals surface area (Å²) in [6.45, 7) is 1.54. The normalized spacial score (nSPS) is 18.1. The van der Waals surface area contributed by atoms with Crippen LogP contribution in [0, 0.1) is 0 Å². The van der Waals surface area contributed by atoms with E-state index >= 15 is 0 Å². The van der Waals surface area contributed by atoms with Crippen LogP contribution < -0.4 is 5.32 Å². The molecule has 1 unspecified atom stereocenters. The monoisotopic (exact) mass is 469 g/mol. The van der Waals surface area contributed by atoms with Crippen LogP contribution in [0.15, 0.2) is 48.5 Å². The van der Waals surface area contributed by atoms with Gasteiger partial charge in [0.25, 0.3) is 0 Å². The van der Waals surface area contributed by atoms with Crippen molar-refractivity contribution < 1.29 is 33.6 Å². The molecule has 1 aliphatic carbocycles. The van der Waals surface area contributed by atoms with Crippen LogP contribution >= 0.6 is 0 Å². The number of carbonyl (C=O) groups is 2. The van der Waals surface area contributed by atoms with Crippen LogP contribution in [0.5, 0.6) is 0 Å². The fourth-order valence-electron chi connectivity index (χ4n) is 4.48. The zero-order valence-electron chi connectivity index (χ0n) is 19.1. The highest BCUT2D eigenvalue weighted by atomic mass is 16.7. The second kappa shape index (κ2) is 12.0. The summed E-state index contributed by atoms with van der Waals surface area (Å²) >= 11 is 0. The Hall–Kier alpha value is -2.94. The number of amides is 1. The SMILES string of the molecule is O=C(O)C[C@H](COCCOC1CCCCO1)NC(=O)OCC1c2ccccc2-c2ccccc21. The molecular formula is C26H31NO7. The zero-order chi connectivity index (χ0) is 23.8. The van der Waals surface area contributed by atoms with E-state index in [1.165, 1.54) is 0 Å². The van der Waals surface area contributed by atoms with Crippen molar-refractivity contribution in [3.63, 3.8) is 0 Å². The third kappa shape index (κ3) is 6.34. The van der Waals surface area contributed by atoms with E-state index in [4.69, 9.17) is 18.9 Å². The molecular weight excluding hydrogens is 438 g/mol. The van der Waals surface area contributed by atoms with Gasteiger partial charge in [-0.2, -0.15) is 0 Å². The van der Waals surface area contributed by atoms with Gasteiger partial charge in [-0.25, -0.2) is 4.79 Å². The van der Waals surface area contributed by atoms with Crippen molar-refractivity contribution in [1.82, 2.24) is 5.32 Å².